The van der Waals surface area contributed by atoms with Gasteiger partial charge in [0.25, 0.3) is 0 Å². The van der Waals surface area contributed by atoms with Crippen molar-refractivity contribution in [2.45, 2.75) is 57.4 Å². The molecule has 29 heavy (non-hydrogen) atoms. The number of hydrogen-bond donors (Lipinski definition) is 2. The zero-order valence-electron chi connectivity index (χ0n) is 17.3. The number of benzene rings is 1. The fourth-order valence-corrected chi connectivity index (χ4v) is 6.24. The average molecular weight is 446 g/mol. The third kappa shape index (κ3) is 6.77. The van der Waals surface area contributed by atoms with Gasteiger partial charge in [0.1, 0.15) is 0 Å². The fraction of sp³-hybridized carbons (Fsp3) is 0.632. The van der Waals surface area contributed by atoms with E-state index in [1.54, 1.807) is 25.1 Å². The largest absolute Gasteiger partial charge is 0.353 e. The Morgan fingerprint density at radius 2 is 1.79 bits per heavy atom. The highest BCUT2D eigenvalue weighted by atomic mass is 32.2. The summed E-state index contributed by atoms with van der Waals surface area (Å²) in [5.41, 5.74) is 1.64. The molecule has 1 aromatic rings. The van der Waals surface area contributed by atoms with Crippen LogP contribution in [0.2, 0.25) is 0 Å². The van der Waals surface area contributed by atoms with Gasteiger partial charge in [-0.05, 0) is 44.7 Å². The van der Waals surface area contributed by atoms with E-state index in [1.807, 2.05) is 13.8 Å². The number of rotatable bonds is 9. The number of carbonyl (C=O) groups is 1. The Kier molecular flexibility index (Phi) is 8.21. The Balaban J connectivity index is 1.78. The lowest BCUT2D eigenvalue weighted by molar-refractivity contribution is -0.121. The van der Waals surface area contributed by atoms with E-state index in [-0.39, 0.29) is 35.6 Å². The van der Waals surface area contributed by atoms with Crippen LogP contribution in [0.25, 0.3) is 0 Å². The van der Waals surface area contributed by atoms with Gasteiger partial charge in [0, 0.05) is 32.1 Å². The van der Waals surface area contributed by atoms with Gasteiger partial charge in [-0.15, -0.1) is 0 Å². The van der Waals surface area contributed by atoms with Crippen molar-refractivity contribution in [1.82, 2.24) is 14.3 Å². The molecule has 0 saturated carbocycles. The maximum absolute atomic E-state index is 12.4. The Labute approximate surface area is 174 Å². The molecule has 0 aromatic heterocycles. The summed E-state index contributed by atoms with van der Waals surface area (Å²) in [4.78, 5) is 12.4. The van der Waals surface area contributed by atoms with Crippen molar-refractivity contribution in [2.75, 3.05) is 25.4 Å². The van der Waals surface area contributed by atoms with E-state index < -0.39 is 20.0 Å². The molecular formula is C19H31N3O5S2. The number of carbonyl (C=O) groups excluding carboxylic acids is 1. The summed E-state index contributed by atoms with van der Waals surface area (Å²) in [5.74, 6) is -0.104. The molecule has 0 atom stereocenters. The molecule has 10 heteroatoms. The summed E-state index contributed by atoms with van der Waals surface area (Å²) in [7, 11) is -6.87. The monoisotopic (exact) mass is 445 g/mol. The molecule has 164 valence electrons. The minimum absolute atomic E-state index is 0.00517. The van der Waals surface area contributed by atoms with E-state index in [0.29, 0.717) is 37.9 Å². The van der Waals surface area contributed by atoms with Gasteiger partial charge in [-0.2, -0.15) is 0 Å². The van der Waals surface area contributed by atoms with Gasteiger partial charge < -0.3 is 5.32 Å². The predicted molar refractivity (Wildman–Crippen MR) is 113 cm³/mol. The lowest BCUT2D eigenvalue weighted by atomic mass is 10.1. The van der Waals surface area contributed by atoms with Crippen LogP contribution >= 0.6 is 0 Å². The highest BCUT2D eigenvalue weighted by Crippen LogP contribution is 2.17. The highest BCUT2D eigenvalue weighted by Gasteiger charge is 2.28. The van der Waals surface area contributed by atoms with Crippen LogP contribution in [0.3, 0.4) is 0 Å². The van der Waals surface area contributed by atoms with Crippen molar-refractivity contribution in [2.24, 2.45) is 0 Å². The molecule has 8 nitrogen and oxygen atoms in total. The van der Waals surface area contributed by atoms with E-state index in [9.17, 15) is 21.6 Å². The van der Waals surface area contributed by atoms with Crippen LogP contribution in [0.5, 0.6) is 0 Å². The van der Waals surface area contributed by atoms with Crippen LogP contribution in [-0.4, -0.2) is 58.5 Å². The topological polar surface area (TPSA) is 113 Å². The SMILES string of the molecule is CCCS(=O)(=O)N1CCC(NC(=O)CCNS(=O)(=O)c2ccc(C)cc2C)CC1. The van der Waals surface area contributed by atoms with Gasteiger partial charge in [0.05, 0.1) is 10.6 Å². The molecule has 2 rings (SSSR count). The first-order valence-corrected chi connectivity index (χ1v) is 13.0. The number of nitrogens with one attached hydrogen (secondary N) is 2. The van der Waals surface area contributed by atoms with Crippen LogP contribution in [0, 0.1) is 13.8 Å². The molecule has 0 radical (unpaired) electrons. The van der Waals surface area contributed by atoms with Crippen molar-refractivity contribution >= 4 is 26.0 Å². The fourth-order valence-electron chi connectivity index (χ4n) is 3.44. The predicted octanol–water partition coefficient (Wildman–Crippen LogP) is 1.29. The second kappa shape index (κ2) is 10.0. The Morgan fingerprint density at radius 1 is 1.14 bits per heavy atom. The van der Waals surface area contributed by atoms with E-state index in [1.165, 1.54) is 4.31 Å². The normalized spacial score (nSPS) is 16.7. The number of aryl methyl sites for hydroxylation is 2. The van der Waals surface area contributed by atoms with Crippen molar-refractivity contribution < 1.29 is 21.6 Å². The van der Waals surface area contributed by atoms with Crippen LogP contribution in [0.1, 0.15) is 43.7 Å². The summed E-state index contributed by atoms with van der Waals surface area (Å²) < 4.78 is 52.9. The van der Waals surface area contributed by atoms with Crippen molar-refractivity contribution in [3.05, 3.63) is 29.3 Å². The van der Waals surface area contributed by atoms with E-state index in [0.717, 1.165) is 5.56 Å². The van der Waals surface area contributed by atoms with E-state index in [2.05, 4.69) is 10.0 Å². The summed E-state index contributed by atoms with van der Waals surface area (Å²) in [6.45, 7) is 6.26. The van der Waals surface area contributed by atoms with Gasteiger partial charge in [0.2, 0.25) is 26.0 Å². The molecule has 0 bridgehead atoms. The minimum Gasteiger partial charge on any atom is -0.353 e. The number of nitrogens with zero attached hydrogens (tertiary/aromatic N) is 1. The van der Waals surface area contributed by atoms with Gasteiger partial charge in [-0.1, -0.05) is 24.6 Å². The maximum Gasteiger partial charge on any atom is 0.240 e. The summed E-state index contributed by atoms with van der Waals surface area (Å²) in [5, 5.41) is 2.87. The third-order valence-electron chi connectivity index (χ3n) is 4.94. The molecule has 1 aromatic carbocycles. The summed E-state index contributed by atoms with van der Waals surface area (Å²) in [6, 6.07) is 5.01. The molecule has 0 aliphatic carbocycles. The molecule has 1 heterocycles. The lowest BCUT2D eigenvalue weighted by Gasteiger charge is -2.31. The molecule has 0 unspecified atom stereocenters. The van der Waals surface area contributed by atoms with Crippen LogP contribution in [0.15, 0.2) is 23.1 Å². The van der Waals surface area contributed by atoms with Gasteiger partial charge in [0.15, 0.2) is 0 Å². The molecule has 0 spiro atoms. The smallest absolute Gasteiger partial charge is 0.240 e. The quantitative estimate of drug-likeness (QED) is 0.595. The first-order chi connectivity index (χ1) is 13.5. The molecule has 2 N–H and O–H groups in total. The highest BCUT2D eigenvalue weighted by molar-refractivity contribution is 7.89. The molecule has 1 amide bonds. The number of piperidine rings is 1. The Bertz CT molecular complexity index is 921. The first kappa shape index (κ1) is 23.8. The second-order valence-electron chi connectivity index (χ2n) is 7.47. The number of amides is 1. The summed E-state index contributed by atoms with van der Waals surface area (Å²) >= 11 is 0. The third-order valence-corrected chi connectivity index (χ3v) is 8.64. The lowest BCUT2D eigenvalue weighted by Crippen LogP contribution is -2.47. The second-order valence-corrected chi connectivity index (χ2v) is 11.3. The average Bonchev–Trinajstić information content (AvgIpc) is 2.61. The molecule has 1 fully saturated rings. The van der Waals surface area contributed by atoms with E-state index in [4.69, 9.17) is 0 Å². The van der Waals surface area contributed by atoms with Crippen molar-refractivity contribution in [3.63, 3.8) is 0 Å². The number of sulfonamides is 2. The van der Waals surface area contributed by atoms with Gasteiger partial charge in [-0.25, -0.2) is 25.9 Å². The Hall–Kier alpha value is -1.49. The molecule has 1 saturated heterocycles. The van der Waals surface area contributed by atoms with Crippen molar-refractivity contribution in [1.29, 1.82) is 0 Å². The maximum atomic E-state index is 12.4. The van der Waals surface area contributed by atoms with Gasteiger partial charge in [-0.3, -0.25) is 4.79 Å². The number of hydrogen-bond acceptors (Lipinski definition) is 5. The van der Waals surface area contributed by atoms with Crippen molar-refractivity contribution in [3.8, 4) is 0 Å². The standard InChI is InChI=1S/C19H31N3O5S2/c1-4-13-28(24,25)22-11-8-17(9-12-22)21-19(23)7-10-20-29(26,27)18-6-5-15(2)14-16(18)3/h5-6,14,17,20H,4,7-13H2,1-3H3,(H,21,23). The van der Waals surface area contributed by atoms with Gasteiger partial charge >= 0.3 is 0 Å². The zero-order chi connectivity index (χ0) is 21.7. The zero-order valence-corrected chi connectivity index (χ0v) is 18.9. The Morgan fingerprint density at radius 3 is 2.38 bits per heavy atom. The van der Waals surface area contributed by atoms with Crippen LogP contribution < -0.4 is 10.0 Å². The molecule has 1 aliphatic rings. The summed E-state index contributed by atoms with van der Waals surface area (Å²) in [6.07, 6.45) is 1.72. The molecular weight excluding hydrogens is 414 g/mol. The first-order valence-electron chi connectivity index (χ1n) is 9.89. The van der Waals surface area contributed by atoms with E-state index >= 15 is 0 Å². The molecule has 1 aliphatic heterocycles. The minimum atomic E-state index is -3.67. The van der Waals surface area contributed by atoms with Crippen LogP contribution in [0.4, 0.5) is 0 Å². The van der Waals surface area contributed by atoms with Crippen LogP contribution in [-0.2, 0) is 24.8 Å².